The summed E-state index contributed by atoms with van der Waals surface area (Å²) in [5, 5.41) is 24.5. The maximum absolute atomic E-state index is 12.1. The first-order chi connectivity index (χ1) is 12.9. The van der Waals surface area contributed by atoms with Gasteiger partial charge in [-0.2, -0.15) is 5.10 Å². The number of phenols is 1. The summed E-state index contributed by atoms with van der Waals surface area (Å²) in [5.41, 5.74) is 3.45. The van der Waals surface area contributed by atoms with Gasteiger partial charge >= 0.3 is 5.69 Å². The molecule has 0 radical (unpaired) electrons. The lowest BCUT2D eigenvalue weighted by Gasteiger charge is -2.03. The highest BCUT2D eigenvalue weighted by Crippen LogP contribution is 2.32. The average molecular weight is 388 g/mol. The van der Waals surface area contributed by atoms with Gasteiger partial charge in [0.15, 0.2) is 0 Å². The number of imidazole rings is 1. The van der Waals surface area contributed by atoms with Crippen LogP contribution < -0.4 is 5.43 Å². The van der Waals surface area contributed by atoms with Gasteiger partial charge in [-0.05, 0) is 18.2 Å². The lowest BCUT2D eigenvalue weighted by Crippen LogP contribution is -2.21. The van der Waals surface area contributed by atoms with Crippen molar-refractivity contribution in [3.8, 4) is 5.75 Å². The van der Waals surface area contributed by atoms with Gasteiger partial charge in [0.2, 0.25) is 11.7 Å². The van der Waals surface area contributed by atoms with Gasteiger partial charge in [-0.1, -0.05) is 23.7 Å². The number of hydrogen-bond acceptors (Lipinski definition) is 6. The molecule has 2 aromatic carbocycles. The molecule has 1 aromatic heterocycles. The number of para-hydroxylation sites is 2. The third-order valence-corrected chi connectivity index (χ3v) is 4.09. The smallest absolute Gasteiger partial charge is 0.312 e. The molecule has 0 aliphatic heterocycles. The Labute approximate surface area is 158 Å². The summed E-state index contributed by atoms with van der Waals surface area (Å²) >= 11 is 5.80. The van der Waals surface area contributed by atoms with Gasteiger partial charge in [-0.25, -0.2) is 10.4 Å². The normalized spacial score (nSPS) is 11.2. The maximum atomic E-state index is 12.1. The Balaban J connectivity index is 1.72. The van der Waals surface area contributed by atoms with Gasteiger partial charge in [-0.3, -0.25) is 14.9 Å². The molecule has 0 aliphatic carbocycles. The zero-order valence-electron chi connectivity index (χ0n) is 14.1. The number of nitrogens with one attached hydrogen (secondary N) is 1. The van der Waals surface area contributed by atoms with Gasteiger partial charge in [0.05, 0.1) is 28.6 Å². The number of nitro groups is 1. The molecule has 3 aromatic rings. The summed E-state index contributed by atoms with van der Waals surface area (Å²) in [7, 11) is 1.81. The van der Waals surface area contributed by atoms with E-state index in [0.29, 0.717) is 5.82 Å². The monoisotopic (exact) mass is 387 g/mol. The number of carbonyl (C=O) groups excluding carboxylic acids is 1. The van der Waals surface area contributed by atoms with Gasteiger partial charge in [0.25, 0.3) is 0 Å². The van der Waals surface area contributed by atoms with Gasteiger partial charge < -0.3 is 9.67 Å². The number of halogens is 1. The number of nitrogens with zero attached hydrogens (tertiary/aromatic N) is 4. The first kappa shape index (κ1) is 18.3. The fourth-order valence-corrected chi connectivity index (χ4v) is 2.77. The van der Waals surface area contributed by atoms with Crippen LogP contribution in [0.5, 0.6) is 5.75 Å². The molecule has 27 heavy (non-hydrogen) atoms. The molecule has 0 fully saturated rings. The van der Waals surface area contributed by atoms with Crippen LogP contribution in [0.15, 0.2) is 41.5 Å². The topological polar surface area (TPSA) is 123 Å². The Morgan fingerprint density at radius 2 is 2.19 bits per heavy atom. The molecular weight excluding hydrogens is 374 g/mol. The number of fused-ring (bicyclic) bond motifs is 1. The number of rotatable bonds is 5. The number of hydrazone groups is 1. The van der Waals surface area contributed by atoms with E-state index in [1.807, 2.05) is 35.9 Å². The molecule has 3 rings (SSSR count). The zero-order valence-corrected chi connectivity index (χ0v) is 14.8. The van der Waals surface area contributed by atoms with Crippen LogP contribution in [-0.4, -0.2) is 31.7 Å². The number of carbonyl (C=O) groups is 1. The molecule has 138 valence electrons. The molecule has 1 heterocycles. The van der Waals surface area contributed by atoms with Crippen molar-refractivity contribution in [1.82, 2.24) is 15.0 Å². The Morgan fingerprint density at radius 3 is 2.89 bits per heavy atom. The van der Waals surface area contributed by atoms with Crippen LogP contribution in [0.3, 0.4) is 0 Å². The van der Waals surface area contributed by atoms with E-state index in [2.05, 4.69) is 15.5 Å². The van der Waals surface area contributed by atoms with E-state index >= 15 is 0 Å². The second-order valence-electron chi connectivity index (χ2n) is 5.67. The summed E-state index contributed by atoms with van der Waals surface area (Å²) in [5.74, 6) is -0.455. The van der Waals surface area contributed by atoms with Crippen LogP contribution in [-0.2, 0) is 18.3 Å². The van der Waals surface area contributed by atoms with Crippen molar-refractivity contribution in [1.29, 1.82) is 0 Å². The van der Waals surface area contributed by atoms with Crippen molar-refractivity contribution < 1.29 is 14.8 Å². The van der Waals surface area contributed by atoms with Crippen molar-refractivity contribution in [2.75, 3.05) is 0 Å². The lowest BCUT2D eigenvalue weighted by molar-refractivity contribution is -0.385. The molecule has 0 bridgehead atoms. The first-order valence-corrected chi connectivity index (χ1v) is 8.13. The number of phenolic OH excluding ortho intramolecular Hbond substituents is 1. The summed E-state index contributed by atoms with van der Waals surface area (Å²) in [6.45, 7) is 0. The number of hydrogen-bond donors (Lipinski definition) is 2. The minimum absolute atomic E-state index is 0.00973. The number of nitro benzene ring substituents is 1. The van der Waals surface area contributed by atoms with E-state index in [-0.39, 0.29) is 17.0 Å². The number of amides is 1. The third kappa shape index (κ3) is 3.87. The second-order valence-corrected chi connectivity index (χ2v) is 6.10. The van der Waals surface area contributed by atoms with Gasteiger partial charge in [0, 0.05) is 23.7 Å². The quantitative estimate of drug-likeness (QED) is 0.395. The Bertz CT molecular complexity index is 1080. The van der Waals surface area contributed by atoms with Crippen molar-refractivity contribution >= 4 is 40.4 Å². The Hall–Kier alpha value is -3.46. The highest BCUT2D eigenvalue weighted by molar-refractivity contribution is 6.31. The van der Waals surface area contributed by atoms with E-state index in [1.165, 1.54) is 6.07 Å². The van der Waals surface area contributed by atoms with Crippen molar-refractivity contribution in [2.24, 2.45) is 12.1 Å². The molecule has 0 saturated heterocycles. The minimum Gasteiger partial charge on any atom is -0.502 e. The van der Waals surface area contributed by atoms with E-state index in [1.54, 1.807) is 0 Å². The molecule has 2 N–H and O–H groups in total. The predicted octanol–water partition coefficient (Wildman–Crippen LogP) is 2.53. The SMILES string of the molecule is Cn1c(CC(=O)N/N=C/c2cc(Cl)cc([N+](=O)[O-])c2O)nc2ccccc21. The Morgan fingerprint density at radius 1 is 1.44 bits per heavy atom. The van der Waals surface area contributed by atoms with Crippen LogP contribution in [0.4, 0.5) is 5.69 Å². The molecule has 0 aliphatic rings. The molecule has 1 amide bonds. The molecule has 10 heteroatoms. The summed E-state index contributed by atoms with van der Waals surface area (Å²) in [6.07, 6.45) is 1.07. The molecule has 0 atom stereocenters. The highest BCUT2D eigenvalue weighted by Gasteiger charge is 2.18. The van der Waals surface area contributed by atoms with E-state index < -0.39 is 22.3 Å². The van der Waals surface area contributed by atoms with Crippen LogP contribution in [0.25, 0.3) is 11.0 Å². The average Bonchev–Trinajstić information content (AvgIpc) is 2.93. The standard InChI is InChI=1S/C17H14ClN5O4/c1-22-13-5-3-2-4-12(13)20-15(22)8-16(24)21-19-9-10-6-11(18)7-14(17(10)25)23(26)27/h2-7,9,25H,8H2,1H3,(H,21,24)/b19-9+. The van der Waals surface area contributed by atoms with Crippen LogP contribution in [0, 0.1) is 10.1 Å². The zero-order chi connectivity index (χ0) is 19.6. The molecule has 0 saturated carbocycles. The molecule has 0 spiro atoms. The van der Waals surface area contributed by atoms with E-state index in [9.17, 15) is 20.0 Å². The number of aromatic nitrogens is 2. The van der Waals surface area contributed by atoms with Gasteiger partial charge in [0.1, 0.15) is 5.82 Å². The number of aryl methyl sites for hydroxylation is 1. The van der Waals surface area contributed by atoms with Gasteiger partial charge in [-0.15, -0.1) is 0 Å². The highest BCUT2D eigenvalue weighted by atomic mass is 35.5. The van der Waals surface area contributed by atoms with Crippen LogP contribution in [0.1, 0.15) is 11.4 Å². The molecule has 9 nitrogen and oxygen atoms in total. The number of aromatic hydroxyl groups is 1. The second kappa shape index (κ2) is 7.42. The fraction of sp³-hybridized carbons (Fsp3) is 0.118. The summed E-state index contributed by atoms with van der Waals surface area (Å²) < 4.78 is 1.81. The van der Waals surface area contributed by atoms with Crippen molar-refractivity contribution in [3.05, 3.63) is 62.9 Å². The lowest BCUT2D eigenvalue weighted by atomic mass is 10.2. The maximum Gasteiger partial charge on any atom is 0.312 e. The van der Waals surface area contributed by atoms with Crippen molar-refractivity contribution in [3.63, 3.8) is 0 Å². The first-order valence-electron chi connectivity index (χ1n) is 7.76. The third-order valence-electron chi connectivity index (χ3n) is 3.87. The fourth-order valence-electron chi connectivity index (χ4n) is 2.55. The molecule has 0 unspecified atom stereocenters. The number of benzene rings is 2. The Kier molecular flexibility index (Phi) is 5.04. The minimum atomic E-state index is -0.761. The van der Waals surface area contributed by atoms with Crippen LogP contribution >= 0.6 is 11.6 Å². The largest absolute Gasteiger partial charge is 0.502 e. The predicted molar refractivity (Wildman–Crippen MR) is 99.9 cm³/mol. The van der Waals surface area contributed by atoms with Crippen LogP contribution in [0.2, 0.25) is 5.02 Å². The molecular formula is C17H14ClN5O4. The van der Waals surface area contributed by atoms with Crippen molar-refractivity contribution in [2.45, 2.75) is 6.42 Å². The van der Waals surface area contributed by atoms with E-state index in [4.69, 9.17) is 11.6 Å². The summed E-state index contributed by atoms with van der Waals surface area (Å²) in [4.78, 5) is 26.6. The van der Waals surface area contributed by atoms with E-state index in [0.717, 1.165) is 23.3 Å². The summed E-state index contributed by atoms with van der Waals surface area (Å²) in [6, 6.07) is 9.82.